The number of aliphatic carboxylic acids is 1. The summed E-state index contributed by atoms with van der Waals surface area (Å²) in [7, 11) is 1.69. The topological polar surface area (TPSA) is 88.1 Å². The predicted octanol–water partition coefficient (Wildman–Crippen LogP) is 2.69. The summed E-state index contributed by atoms with van der Waals surface area (Å²) in [5.74, 6) is -0.482. The van der Waals surface area contributed by atoms with Gasteiger partial charge in [0.25, 0.3) is 0 Å². The van der Waals surface area contributed by atoms with Crippen LogP contribution in [0.25, 0.3) is 0 Å². The summed E-state index contributed by atoms with van der Waals surface area (Å²) in [5.41, 5.74) is 1.39. The molecule has 0 radical (unpaired) electrons. The smallest absolute Gasteiger partial charge is 0.490 e. The molecule has 1 aromatic carbocycles. The Labute approximate surface area is 184 Å². The molecule has 2 aliphatic heterocycles. The molecule has 7 nitrogen and oxygen atoms in total. The Bertz CT molecular complexity index is 798. The summed E-state index contributed by atoms with van der Waals surface area (Å²) in [6.07, 6.45) is -1.93. The van der Waals surface area contributed by atoms with Gasteiger partial charge in [0.1, 0.15) is 5.75 Å². The molecule has 4 rings (SSSR count). The van der Waals surface area contributed by atoms with Crippen LogP contribution < -0.4 is 10.1 Å². The molecule has 1 aliphatic carbocycles. The molecule has 1 saturated carbocycles. The Morgan fingerprint density at radius 1 is 1.28 bits per heavy atom. The van der Waals surface area contributed by atoms with E-state index in [-0.39, 0.29) is 11.3 Å². The van der Waals surface area contributed by atoms with Crippen LogP contribution in [0.15, 0.2) is 24.3 Å². The van der Waals surface area contributed by atoms with Crippen molar-refractivity contribution in [1.82, 2.24) is 10.2 Å². The van der Waals surface area contributed by atoms with Crippen molar-refractivity contribution in [2.45, 2.75) is 32.0 Å². The lowest BCUT2D eigenvalue weighted by Gasteiger charge is -2.27. The number of benzene rings is 1. The van der Waals surface area contributed by atoms with E-state index in [0.717, 1.165) is 45.1 Å². The first kappa shape index (κ1) is 24.3. The monoisotopic (exact) mass is 458 g/mol. The van der Waals surface area contributed by atoms with Gasteiger partial charge in [-0.15, -0.1) is 0 Å². The minimum Gasteiger partial charge on any atom is -0.497 e. The van der Waals surface area contributed by atoms with Crippen LogP contribution in [-0.2, 0) is 20.9 Å². The van der Waals surface area contributed by atoms with Gasteiger partial charge >= 0.3 is 12.1 Å². The van der Waals surface area contributed by atoms with E-state index in [0.29, 0.717) is 18.3 Å². The van der Waals surface area contributed by atoms with Gasteiger partial charge in [0, 0.05) is 43.9 Å². The minimum absolute atomic E-state index is 0.0890. The zero-order chi connectivity index (χ0) is 23.4. The van der Waals surface area contributed by atoms with Crippen LogP contribution in [0.2, 0.25) is 0 Å². The first-order chi connectivity index (χ1) is 15.1. The van der Waals surface area contributed by atoms with Crippen LogP contribution >= 0.6 is 0 Å². The summed E-state index contributed by atoms with van der Waals surface area (Å²) < 4.78 is 42.7. The quantitative estimate of drug-likeness (QED) is 0.653. The number of methoxy groups -OCH3 is 1. The third-order valence-electron chi connectivity index (χ3n) is 6.21. The lowest BCUT2D eigenvalue weighted by atomic mass is 9.81. The molecule has 0 aromatic heterocycles. The van der Waals surface area contributed by atoms with Crippen molar-refractivity contribution < 1.29 is 37.3 Å². The molecule has 0 bridgehead atoms. The number of hydrogen-bond donors (Lipinski definition) is 2. The normalized spacial score (nSPS) is 24.9. The van der Waals surface area contributed by atoms with Gasteiger partial charge in [-0.3, -0.25) is 9.69 Å². The van der Waals surface area contributed by atoms with E-state index in [4.69, 9.17) is 19.4 Å². The highest BCUT2D eigenvalue weighted by atomic mass is 19.4. The van der Waals surface area contributed by atoms with E-state index in [1.807, 2.05) is 12.1 Å². The molecule has 32 heavy (non-hydrogen) atoms. The number of ether oxygens (including phenoxy) is 2. The SMILES string of the molecule is COc1ccc(CN2C[C@@H]3COC[C@]3(CNC(=O)CC3CC3)C2)cc1.O=C(O)C(F)(F)F. The number of carbonyl (C=O) groups is 2. The van der Waals surface area contributed by atoms with E-state index in [1.54, 1.807) is 7.11 Å². The van der Waals surface area contributed by atoms with Crippen molar-refractivity contribution in [2.75, 3.05) is 40.0 Å². The van der Waals surface area contributed by atoms with Crippen LogP contribution in [0.3, 0.4) is 0 Å². The standard InChI is InChI=1S/C20H28N2O3.C2HF3O2/c1-24-18-6-4-16(5-7-18)9-22-10-17-11-25-14-20(17,13-22)12-21-19(23)8-15-2-3-15;3-2(4,5)1(6)7/h4-7,15,17H,2-3,8-14H2,1H3,(H,21,23);(H,6,7)/t17-,20+;/m1./s1. The highest BCUT2D eigenvalue weighted by molar-refractivity contribution is 5.76. The Hall–Kier alpha value is -2.33. The molecule has 1 amide bonds. The van der Waals surface area contributed by atoms with Gasteiger partial charge in [-0.05, 0) is 36.5 Å². The van der Waals surface area contributed by atoms with Gasteiger partial charge < -0.3 is 19.9 Å². The molecule has 0 unspecified atom stereocenters. The number of alkyl halides is 3. The fraction of sp³-hybridized carbons (Fsp3) is 0.636. The number of rotatable bonds is 7. The summed E-state index contributed by atoms with van der Waals surface area (Å²) in [6, 6.07) is 8.30. The molecule has 3 aliphatic rings. The minimum atomic E-state index is -5.08. The summed E-state index contributed by atoms with van der Waals surface area (Å²) >= 11 is 0. The fourth-order valence-electron chi connectivity index (χ4n) is 4.23. The van der Waals surface area contributed by atoms with Gasteiger partial charge in [0.15, 0.2) is 0 Å². The first-order valence-electron chi connectivity index (χ1n) is 10.6. The molecule has 2 heterocycles. The van der Waals surface area contributed by atoms with E-state index in [2.05, 4.69) is 22.3 Å². The summed E-state index contributed by atoms with van der Waals surface area (Å²) in [5, 5.41) is 10.3. The molecule has 3 fully saturated rings. The molecule has 1 aromatic rings. The number of amides is 1. The Morgan fingerprint density at radius 3 is 2.50 bits per heavy atom. The number of hydrogen-bond acceptors (Lipinski definition) is 5. The Morgan fingerprint density at radius 2 is 1.94 bits per heavy atom. The molecular formula is C22H29F3N2O5. The lowest BCUT2D eigenvalue weighted by molar-refractivity contribution is -0.192. The van der Waals surface area contributed by atoms with Crippen LogP contribution in [-0.4, -0.2) is 68.0 Å². The third-order valence-corrected chi connectivity index (χ3v) is 6.21. The molecule has 2 atom stereocenters. The maximum atomic E-state index is 12.1. The number of halogens is 3. The summed E-state index contributed by atoms with van der Waals surface area (Å²) in [4.78, 5) is 23.5. The van der Waals surface area contributed by atoms with Crippen molar-refractivity contribution in [1.29, 1.82) is 0 Å². The van der Waals surface area contributed by atoms with Gasteiger partial charge in [0.2, 0.25) is 5.91 Å². The largest absolute Gasteiger partial charge is 0.497 e. The third kappa shape index (κ3) is 6.59. The number of nitrogens with one attached hydrogen (secondary N) is 1. The zero-order valence-electron chi connectivity index (χ0n) is 18.0. The number of carboxylic acids is 1. The molecule has 0 spiro atoms. The molecule has 10 heteroatoms. The van der Waals surface area contributed by atoms with Gasteiger partial charge in [-0.25, -0.2) is 4.79 Å². The van der Waals surface area contributed by atoms with Crippen LogP contribution in [0, 0.1) is 17.3 Å². The molecule has 2 saturated heterocycles. The average Bonchev–Trinajstić information content (AvgIpc) is 3.36. The molecule has 178 valence electrons. The predicted molar refractivity (Wildman–Crippen MR) is 109 cm³/mol. The van der Waals surface area contributed by atoms with Crippen molar-refractivity contribution >= 4 is 11.9 Å². The van der Waals surface area contributed by atoms with Gasteiger partial charge in [-0.2, -0.15) is 13.2 Å². The number of carboxylic acid groups (broad SMARTS) is 1. The second-order valence-electron chi connectivity index (χ2n) is 8.82. The number of carbonyl (C=O) groups excluding carboxylic acids is 1. The Balaban J connectivity index is 0.000000360. The van der Waals surface area contributed by atoms with E-state index in [1.165, 1.54) is 18.4 Å². The van der Waals surface area contributed by atoms with Gasteiger partial charge in [0.05, 0.1) is 20.3 Å². The molecule has 2 N–H and O–H groups in total. The van der Waals surface area contributed by atoms with Crippen LogP contribution in [0.5, 0.6) is 5.75 Å². The average molecular weight is 458 g/mol. The number of nitrogens with zero attached hydrogens (tertiary/aromatic N) is 1. The van der Waals surface area contributed by atoms with Crippen molar-refractivity contribution in [3.05, 3.63) is 29.8 Å². The van der Waals surface area contributed by atoms with Gasteiger partial charge in [-0.1, -0.05) is 12.1 Å². The number of fused-ring (bicyclic) bond motifs is 1. The highest BCUT2D eigenvalue weighted by Crippen LogP contribution is 2.41. The van der Waals surface area contributed by atoms with Crippen LogP contribution in [0.1, 0.15) is 24.8 Å². The van der Waals surface area contributed by atoms with E-state index in [9.17, 15) is 18.0 Å². The maximum Gasteiger partial charge on any atom is 0.490 e. The molecular weight excluding hydrogens is 429 g/mol. The van der Waals surface area contributed by atoms with Crippen molar-refractivity contribution in [3.63, 3.8) is 0 Å². The first-order valence-corrected chi connectivity index (χ1v) is 10.6. The van der Waals surface area contributed by atoms with E-state index < -0.39 is 12.1 Å². The second-order valence-corrected chi connectivity index (χ2v) is 8.82. The van der Waals surface area contributed by atoms with Crippen molar-refractivity contribution in [2.24, 2.45) is 17.3 Å². The van der Waals surface area contributed by atoms with Crippen LogP contribution in [0.4, 0.5) is 13.2 Å². The highest BCUT2D eigenvalue weighted by Gasteiger charge is 2.50. The summed E-state index contributed by atoms with van der Waals surface area (Å²) in [6.45, 7) is 5.32. The Kier molecular flexibility index (Phi) is 7.66. The maximum absolute atomic E-state index is 12.1. The fourth-order valence-corrected chi connectivity index (χ4v) is 4.23. The van der Waals surface area contributed by atoms with E-state index >= 15 is 0 Å². The number of likely N-dealkylation sites (tertiary alicyclic amines) is 1. The second kappa shape index (κ2) is 10.1. The zero-order valence-corrected chi connectivity index (χ0v) is 18.0. The van der Waals surface area contributed by atoms with Crippen molar-refractivity contribution in [3.8, 4) is 5.75 Å². The lowest BCUT2D eigenvalue weighted by Crippen LogP contribution is -2.43.